The third-order valence-corrected chi connectivity index (χ3v) is 2.11. The second-order valence-corrected chi connectivity index (χ2v) is 3.09. The fourth-order valence-electron chi connectivity index (χ4n) is 1.31. The largest absolute Gasteiger partial charge is 0.479 e. The van der Waals surface area contributed by atoms with Gasteiger partial charge in [0.05, 0.1) is 6.54 Å². The van der Waals surface area contributed by atoms with Gasteiger partial charge in [-0.15, -0.1) is 0 Å². The smallest absolute Gasteiger partial charge is 0.334 e. The number of amides is 2. The van der Waals surface area contributed by atoms with Gasteiger partial charge < -0.3 is 20.1 Å². The molecule has 1 rings (SSSR count). The number of carboxylic acid groups (broad SMARTS) is 1. The average Bonchev–Trinajstić information content (AvgIpc) is 2.16. The molecule has 0 bridgehead atoms. The molecular weight excluding hydrogens is 188 g/mol. The number of carbonyl (C=O) groups is 2. The molecule has 6 heteroatoms. The van der Waals surface area contributed by atoms with E-state index in [1.54, 1.807) is 0 Å². The number of methoxy groups -OCH3 is 1. The van der Waals surface area contributed by atoms with Gasteiger partial charge in [0.15, 0.2) is 6.10 Å². The Bertz CT molecular complexity index is 231. The second kappa shape index (κ2) is 4.80. The fourth-order valence-corrected chi connectivity index (χ4v) is 1.31. The standard InChI is InChI=1S/C8H14N2O4/c1-14-6(7(11)12)5-10-4-2-3-9-8(10)13/h6H,2-5H2,1H3,(H,9,13)(H,11,12). The number of hydrogen-bond acceptors (Lipinski definition) is 3. The van der Waals surface area contributed by atoms with Crippen LogP contribution < -0.4 is 5.32 Å². The van der Waals surface area contributed by atoms with Crippen molar-refractivity contribution in [2.24, 2.45) is 0 Å². The molecule has 0 aromatic rings. The summed E-state index contributed by atoms with van der Waals surface area (Å²) >= 11 is 0. The molecule has 0 radical (unpaired) electrons. The van der Waals surface area contributed by atoms with Crippen LogP contribution in [0.4, 0.5) is 4.79 Å². The molecule has 0 spiro atoms. The van der Waals surface area contributed by atoms with Crippen molar-refractivity contribution >= 4 is 12.0 Å². The maximum absolute atomic E-state index is 11.2. The Morgan fingerprint density at radius 2 is 2.50 bits per heavy atom. The van der Waals surface area contributed by atoms with Crippen molar-refractivity contribution < 1.29 is 19.4 Å². The van der Waals surface area contributed by atoms with Crippen LogP contribution in [0.25, 0.3) is 0 Å². The summed E-state index contributed by atoms with van der Waals surface area (Å²) in [4.78, 5) is 23.3. The summed E-state index contributed by atoms with van der Waals surface area (Å²) in [6.07, 6.45) is -0.110. The third kappa shape index (κ3) is 2.59. The highest BCUT2D eigenvalue weighted by Gasteiger charge is 2.25. The van der Waals surface area contributed by atoms with E-state index in [9.17, 15) is 9.59 Å². The maximum atomic E-state index is 11.2. The van der Waals surface area contributed by atoms with Crippen LogP contribution in [0.15, 0.2) is 0 Å². The highest BCUT2D eigenvalue weighted by atomic mass is 16.5. The first-order valence-corrected chi connectivity index (χ1v) is 4.43. The van der Waals surface area contributed by atoms with Crippen molar-refractivity contribution in [1.29, 1.82) is 0 Å². The molecule has 1 aliphatic heterocycles. The molecule has 1 unspecified atom stereocenters. The van der Waals surface area contributed by atoms with Gasteiger partial charge in [-0.05, 0) is 6.42 Å². The number of rotatable bonds is 4. The molecule has 80 valence electrons. The summed E-state index contributed by atoms with van der Waals surface area (Å²) in [7, 11) is 1.32. The van der Waals surface area contributed by atoms with Crippen molar-refractivity contribution in [3.05, 3.63) is 0 Å². The molecule has 2 amide bonds. The van der Waals surface area contributed by atoms with Crippen LogP contribution in [-0.4, -0.2) is 54.9 Å². The van der Waals surface area contributed by atoms with Gasteiger partial charge in [-0.2, -0.15) is 0 Å². The van der Waals surface area contributed by atoms with Gasteiger partial charge in [-0.3, -0.25) is 0 Å². The normalized spacial score (nSPS) is 18.9. The molecule has 1 atom stereocenters. The van der Waals surface area contributed by atoms with Gasteiger partial charge in [0, 0.05) is 20.2 Å². The Kier molecular flexibility index (Phi) is 3.70. The quantitative estimate of drug-likeness (QED) is 0.644. The SMILES string of the molecule is COC(CN1CCCNC1=O)C(=O)O. The number of aliphatic carboxylic acids is 1. The number of carbonyl (C=O) groups excluding carboxylic acids is 1. The van der Waals surface area contributed by atoms with Crippen molar-refractivity contribution in [2.45, 2.75) is 12.5 Å². The van der Waals surface area contributed by atoms with Gasteiger partial charge in [-0.1, -0.05) is 0 Å². The molecule has 0 aromatic heterocycles. The second-order valence-electron chi connectivity index (χ2n) is 3.09. The van der Waals surface area contributed by atoms with E-state index < -0.39 is 12.1 Å². The summed E-state index contributed by atoms with van der Waals surface area (Å²) in [6.45, 7) is 1.33. The molecule has 6 nitrogen and oxygen atoms in total. The first-order valence-electron chi connectivity index (χ1n) is 4.43. The lowest BCUT2D eigenvalue weighted by molar-refractivity contribution is -0.149. The molecular formula is C8H14N2O4. The lowest BCUT2D eigenvalue weighted by atomic mass is 10.2. The summed E-state index contributed by atoms with van der Waals surface area (Å²) in [6, 6.07) is -0.223. The van der Waals surface area contributed by atoms with E-state index in [0.29, 0.717) is 13.1 Å². The van der Waals surface area contributed by atoms with Gasteiger partial charge >= 0.3 is 12.0 Å². The number of hydrogen-bond donors (Lipinski definition) is 2. The van der Waals surface area contributed by atoms with Gasteiger partial charge in [-0.25, -0.2) is 9.59 Å². The Labute approximate surface area is 81.8 Å². The van der Waals surface area contributed by atoms with E-state index in [4.69, 9.17) is 9.84 Å². The molecule has 0 saturated carbocycles. The number of urea groups is 1. The average molecular weight is 202 g/mol. The number of nitrogens with zero attached hydrogens (tertiary/aromatic N) is 1. The highest BCUT2D eigenvalue weighted by Crippen LogP contribution is 2.02. The van der Waals surface area contributed by atoms with Crippen molar-refractivity contribution in [1.82, 2.24) is 10.2 Å². The van der Waals surface area contributed by atoms with E-state index >= 15 is 0 Å². The van der Waals surface area contributed by atoms with E-state index in [2.05, 4.69) is 5.32 Å². The van der Waals surface area contributed by atoms with E-state index in [1.165, 1.54) is 12.0 Å². The van der Waals surface area contributed by atoms with Crippen LogP contribution in [0.1, 0.15) is 6.42 Å². The molecule has 1 heterocycles. The lowest BCUT2D eigenvalue weighted by Crippen LogP contribution is -2.50. The number of nitrogens with one attached hydrogen (secondary N) is 1. The molecule has 0 aliphatic carbocycles. The highest BCUT2D eigenvalue weighted by molar-refractivity contribution is 5.77. The minimum absolute atomic E-state index is 0.0949. The first kappa shape index (κ1) is 10.8. The topological polar surface area (TPSA) is 78.9 Å². The third-order valence-electron chi connectivity index (χ3n) is 2.11. The predicted octanol–water partition coefficient (Wildman–Crippen LogP) is -0.499. The summed E-state index contributed by atoms with van der Waals surface area (Å²) in [5.74, 6) is -1.05. The van der Waals surface area contributed by atoms with Crippen molar-refractivity contribution in [3.63, 3.8) is 0 Å². The fraction of sp³-hybridized carbons (Fsp3) is 0.750. The number of carboxylic acids is 1. The van der Waals surface area contributed by atoms with E-state index in [0.717, 1.165) is 6.42 Å². The van der Waals surface area contributed by atoms with Crippen molar-refractivity contribution in [3.8, 4) is 0 Å². The zero-order chi connectivity index (χ0) is 10.6. The molecule has 1 saturated heterocycles. The van der Waals surface area contributed by atoms with Crippen LogP contribution >= 0.6 is 0 Å². The van der Waals surface area contributed by atoms with Gasteiger partial charge in [0.25, 0.3) is 0 Å². The van der Waals surface area contributed by atoms with Gasteiger partial charge in [0.1, 0.15) is 0 Å². The van der Waals surface area contributed by atoms with Crippen LogP contribution in [0, 0.1) is 0 Å². The van der Waals surface area contributed by atoms with Crippen LogP contribution in [0.3, 0.4) is 0 Å². The Morgan fingerprint density at radius 3 is 3.00 bits per heavy atom. The predicted molar refractivity (Wildman–Crippen MR) is 48.0 cm³/mol. The monoisotopic (exact) mass is 202 g/mol. The minimum atomic E-state index is -1.05. The van der Waals surface area contributed by atoms with Crippen LogP contribution in [0.2, 0.25) is 0 Å². The summed E-state index contributed by atoms with van der Waals surface area (Å²) < 4.78 is 4.74. The van der Waals surface area contributed by atoms with E-state index in [-0.39, 0.29) is 12.6 Å². The van der Waals surface area contributed by atoms with E-state index in [1.807, 2.05) is 0 Å². The van der Waals surface area contributed by atoms with Crippen LogP contribution in [0.5, 0.6) is 0 Å². The van der Waals surface area contributed by atoms with Gasteiger partial charge in [0.2, 0.25) is 0 Å². The Morgan fingerprint density at radius 1 is 1.79 bits per heavy atom. The molecule has 2 N–H and O–H groups in total. The summed E-state index contributed by atoms with van der Waals surface area (Å²) in [5, 5.41) is 11.3. The number of ether oxygens (including phenoxy) is 1. The molecule has 14 heavy (non-hydrogen) atoms. The molecule has 0 aromatic carbocycles. The zero-order valence-electron chi connectivity index (χ0n) is 8.02. The molecule has 1 aliphatic rings. The minimum Gasteiger partial charge on any atom is -0.479 e. The Balaban J connectivity index is 2.48. The maximum Gasteiger partial charge on any atom is 0.334 e. The lowest BCUT2D eigenvalue weighted by Gasteiger charge is -2.29. The molecule has 1 fully saturated rings. The summed E-state index contributed by atoms with van der Waals surface area (Å²) in [5.41, 5.74) is 0. The van der Waals surface area contributed by atoms with Crippen molar-refractivity contribution in [2.75, 3.05) is 26.7 Å². The first-order chi connectivity index (χ1) is 6.65. The van der Waals surface area contributed by atoms with Crippen LogP contribution in [-0.2, 0) is 9.53 Å². The zero-order valence-corrected chi connectivity index (χ0v) is 8.02. The Hall–Kier alpha value is -1.30.